The molecule has 2 aromatic rings. The Morgan fingerprint density at radius 1 is 1.08 bits per heavy atom. The summed E-state index contributed by atoms with van der Waals surface area (Å²) in [6.07, 6.45) is 0. The highest BCUT2D eigenvalue weighted by Crippen LogP contribution is 2.13. The fourth-order valence-electron chi connectivity index (χ4n) is 2.32. The number of methoxy groups -OCH3 is 1. The van der Waals surface area contributed by atoms with Gasteiger partial charge in [-0.1, -0.05) is 23.7 Å². The number of hydrogen-bond acceptors (Lipinski definition) is 4. The number of nitrogens with zero attached hydrogens (tertiary/aromatic N) is 1. The minimum absolute atomic E-state index is 0.106. The summed E-state index contributed by atoms with van der Waals surface area (Å²) in [5, 5.41) is 6.19. The Morgan fingerprint density at radius 3 is 2.46 bits per heavy atom. The number of halogens is 1. The van der Waals surface area contributed by atoms with Gasteiger partial charge in [-0.3, -0.25) is 14.5 Å². The molecule has 0 fully saturated rings. The van der Waals surface area contributed by atoms with Gasteiger partial charge in [0.2, 0.25) is 11.8 Å². The Bertz CT molecular complexity index is 750. The second-order valence-electron chi connectivity index (χ2n) is 5.86. The molecule has 2 N–H and O–H groups in total. The minimum atomic E-state index is -0.199. The molecule has 0 unspecified atom stereocenters. The molecule has 2 rings (SSSR count). The average Bonchev–Trinajstić information content (AvgIpc) is 2.62. The lowest BCUT2D eigenvalue weighted by Crippen LogP contribution is -2.38. The van der Waals surface area contributed by atoms with Crippen LogP contribution in [0, 0.1) is 0 Å². The standard InChI is InChI=1S/C19H22ClN3O3/c1-23(13-19(25)22-16-8-6-15(20)7-9-16)12-18(24)21-11-14-4-3-5-17(10-14)26-2/h3-10H,11-13H2,1-2H3,(H,21,24)(H,22,25). The second-order valence-corrected chi connectivity index (χ2v) is 6.29. The molecule has 26 heavy (non-hydrogen) atoms. The van der Waals surface area contributed by atoms with Crippen molar-refractivity contribution in [1.29, 1.82) is 0 Å². The normalized spacial score (nSPS) is 10.5. The van der Waals surface area contributed by atoms with Crippen molar-refractivity contribution in [3.05, 3.63) is 59.1 Å². The summed E-state index contributed by atoms with van der Waals surface area (Å²) in [5.41, 5.74) is 1.61. The van der Waals surface area contributed by atoms with E-state index in [4.69, 9.17) is 16.3 Å². The summed E-state index contributed by atoms with van der Waals surface area (Å²) in [7, 11) is 3.31. The Kier molecular flexibility index (Phi) is 7.44. The lowest BCUT2D eigenvalue weighted by molar-refractivity contribution is -0.123. The monoisotopic (exact) mass is 375 g/mol. The zero-order chi connectivity index (χ0) is 18.9. The number of carbonyl (C=O) groups is 2. The molecule has 0 atom stereocenters. The fourth-order valence-corrected chi connectivity index (χ4v) is 2.44. The maximum absolute atomic E-state index is 12.0. The summed E-state index contributed by atoms with van der Waals surface area (Å²) in [6.45, 7) is 0.633. The van der Waals surface area contributed by atoms with Gasteiger partial charge in [0.15, 0.2) is 0 Å². The zero-order valence-corrected chi connectivity index (χ0v) is 15.5. The molecule has 0 saturated carbocycles. The third-order valence-electron chi connectivity index (χ3n) is 3.58. The van der Waals surface area contributed by atoms with E-state index in [2.05, 4.69) is 10.6 Å². The van der Waals surface area contributed by atoms with Crippen LogP contribution in [0.3, 0.4) is 0 Å². The van der Waals surface area contributed by atoms with Gasteiger partial charge < -0.3 is 15.4 Å². The third-order valence-corrected chi connectivity index (χ3v) is 3.83. The molecular formula is C19H22ClN3O3. The number of anilines is 1. The van der Waals surface area contributed by atoms with Crippen molar-refractivity contribution in [2.24, 2.45) is 0 Å². The van der Waals surface area contributed by atoms with Gasteiger partial charge in [-0.05, 0) is 49.0 Å². The van der Waals surface area contributed by atoms with Crippen molar-refractivity contribution >= 4 is 29.1 Å². The highest BCUT2D eigenvalue weighted by molar-refractivity contribution is 6.30. The number of benzene rings is 2. The molecule has 2 aromatic carbocycles. The van der Waals surface area contributed by atoms with Crippen LogP contribution in [0.2, 0.25) is 5.02 Å². The fraction of sp³-hybridized carbons (Fsp3) is 0.263. The van der Waals surface area contributed by atoms with E-state index in [0.29, 0.717) is 17.3 Å². The van der Waals surface area contributed by atoms with Crippen LogP contribution < -0.4 is 15.4 Å². The Morgan fingerprint density at radius 2 is 1.77 bits per heavy atom. The van der Waals surface area contributed by atoms with Crippen LogP contribution in [-0.4, -0.2) is 44.0 Å². The first kappa shape index (κ1) is 19.8. The summed E-state index contributed by atoms with van der Waals surface area (Å²) < 4.78 is 5.15. The summed E-state index contributed by atoms with van der Waals surface area (Å²) >= 11 is 5.81. The van der Waals surface area contributed by atoms with Crippen LogP contribution in [0.4, 0.5) is 5.69 Å². The van der Waals surface area contributed by atoms with Crippen molar-refractivity contribution in [2.75, 3.05) is 32.6 Å². The topological polar surface area (TPSA) is 70.7 Å². The predicted octanol–water partition coefficient (Wildman–Crippen LogP) is 2.54. The molecule has 0 aliphatic heterocycles. The predicted molar refractivity (Wildman–Crippen MR) is 102 cm³/mol. The van der Waals surface area contributed by atoms with E-state index in [1.165, 1.54) is 0 Å². The molecule has 0 spiro atoms. The van der Waals surface area contributed by atoms with Crippen molar-refractivity contribution in [1.82, 2.24) is 10.2 Å². The van der Waals surface area contributed by atoms with Gasteiger partial charge in [0.05, 0.1) is 20.2 Å². The van der Waals surface area contributed by atoms with E-state index in [0.717, 1.165) is 11.3 Å². The van der Waals surface area contributed by atoms with Crippen LogP contribution in [0.25, 0.3) is 0 Å². The number of ether oxygens (including phenoxy) is 1. The van der Waals surface area contributed by atoms with Crippen molar-refractivity contribution in [2.45, 2.75) is 6.54 Å². The van der Waals surface area contributed by atoms with Crippen LogP contribution in [0.15, 0.2) is 48.5 Å². The maximum atomic E-state index is 12.0. The molecule has 0 radical (unpaired) electrons. The first-order chi connectivity index (χ1) is 12.5. The van der Waals surface area contributed by atoms with Crippen molar-refractivity contribution in [3.63, 3.8) is 0 Å². The molecule has 0 aromatic heterocycles. The van der Waals surface area contributed by atoms with Gasteiger partial charge in [-0.2, -0.15) is 0 Å². The highest BCUT2D eigenvalue weighted by atomic mass is 35.5. The van der Waals surface area contributed by atoms with E-state index < -0.39 is 0 Å². The summed E-state index contributed by atoms with van der Waals surface area (Å²) in [4.78, 5) is 25.7. The van der Waals surface area contributed by atoms with Gasteiger partial charge in [0.25, 0.3) is 0 Å². The number of amides is 2. The molecule has 0 saturated heterocycles. The molecule has 2 amide bonds. The van der Waals surface area contributed by atoms with Gasteiger partial charge in [-0.25, -0.2) is 0 Å². The second kappa shape index (κ2) is 9.79. The number of nitrogens with one attached hydrogen (secondary N) is 2. The first-order valence-electron chi connectivity index (χ1n) is 8.10. The Labute approximate surface area is 158 Å². The molecule has 0 aliphatic rings. The number of rotatable bonds is 8. The quantitative estimate of drug-likeness (QED) is 0.743. The molecule has 0 bridgehead atoms. The van der Waals surface area contributed by atoms with E-state index >= 15 is 0 Å². The van der Waals surface area contributed by atoms with Gasteiger partial charge in [-0.15, -0.1) is 0 Å². The third kappa shape index (κ3) is 6.74. The lowest BCUT2D eigenvalue weighted by Gasteiger charge is -2.16. The van der Waals surface area contributed by atoms with Crippen molar-refractivity contribution < 1.29 is 14.3 Å². The first-order valence-corrected chi connectivity index (χ1v) is 8.47. The smallest absolute Gasteiger partial charge is 0.238 e. The minimum Gasteiger partial charge on any atom is -0.497 e. The number of hydrogen-bond donors (Lipinski definition) is 2. The Balaban J connectivity index is 1.73. The zero-order valence-electron chi connectivity index (χ0n) is 14.8. The van der Waals surface area contributed by atoms with Crippen LogP contribution in [0.1, 0.15) is 5.56 Å². The van der Waals surface area contributed by atoms with E-state index in [1.54, 1.807) is 43.3 Å². The maximum Gasteiger partial charge on any atom is 0.238 e. The van der Waals surface area contributed by atoms with Gasteiger partial charge in [0, 0.05) is 17.3 Å². The highest BCUT2D eigenvalue weighted by Gasteiger charge is 2.11. The lowest BCUT2D eigenvalue weighted by atomic mass is 10.2. The molecule has 6 nitrogen and oxygen atoms in total. The SMILES string of the molecule is COc1cccc(CNC(=O)CN(C)CC(=O)Nc2ccc(Cl)cc2)c1. The summed E-state index contributed by atoms with van der Waals surface area (Å²) in [6, 6.07) is 14.3. The summed E-state index contributed by atoms with van der Waals surface area (Å²) in [5.74, 6) is 0.387. The van der Waals surface area contributed by atoms with E-state index in [1.807, 2.05) is 24.3 Å². The molecule has 138 valence electrons. The molecule has 7 heteroatoms. The van der Waals surface area contributed by atoms with Crippen LogP contribution in [-0.2, 0) is 16.1 Å². The number of carbonyl (C=O) groups excluding carboxylic acids is 2. The Hall–Kier alpha value is -2.57. The molecule has 0 heterocycles. The van der Waals surface area contributed by atoms with E-state index in [-0.39, 0.29) is 24.9 Å². The molecular weight excluding hydrogens is 354 g/mol. The average molecular weight is 376 g/mol. The number of likely N-dealkylation sites (N-methyl/N-ethyl adjacent to an activating group) is 1. The largest absolute Gasteiger partial charge is 0.497 e. The van der Waals surface area contributed by atoms with Crippen LogP contribution >= 0.6 is 11.6 Å². The van der Waals surface area contributed by atoms with Crippen molar-refractivity contribution in [3.8, 4) is 5.75 Å². The van der Waals surface area contributed by atoms with Gasteiger partial charge >= 0.3 is 0 Å². The van der Waals surface area contributed by atoms with Crippen LogP contribution in [0.5, 0.6) is 5.75 Å². The molecule has 0 aliphatic carbocycles. The van der Waals surface area contributed by atoms with E-state index in [9.17, 15) is 9.59 Å². The van der Waals surface area contributed by atoms with Gasteiger partial charge in [0.1, 0.15) is 5.75 Å².